The Morgan fingerprint density at radius 1 is 1.00 bits per heavy atom. The van der Waals surface area contributed by atoms with Crippen molar-refractivity contribution in [3.05, 3.63) is 106 Å². The third kappa shape index (κ3) is 5.55. The second kappa shape index (κ2) is 11.0. The van der Waals surface area contributed by atoms with Crippen molar-refractivity contribution in [2.24, 2.45) is 0 Å². The molecule has 0 unspecified atom stereocenters. The van der Waals surface area contributed by atoms with Gasteiger partial charge in [0.25, 0.3) is 11.8 Å². The predicted molar refractivity (Wildman–Crippen MR) is 141 cm³/mol. The highest BCUT2D eigenvalue weighted by atomic mass is 79.9. The van der Waals surface area contributed by atoms with E-state index in [2.05, 4.69) is 21.2 Å². The summed E-state index contributed by atoms with van der Waals surface area (Å²) >= 11 is 3.42. The van der Waals surface area contributed by atoms with Gasteiger partial charge in [0.1, 0.15) is 5.75 Å². The average Bonchev–Trinajstić information content (AvgIpc) is 3.12. The van der Waals surface area contributed by atoms with E-state index in [0.717, 1.165) is 4.47 Å². The fraction of sp³-hybridized carbons (Fsp3) is 0.107. The van der Waals surface area contributed by atoms with Gasteiger partial charge in [-0.3, -0.25) is 14.5 Å². The minimum atomic E-state index is -0.589. The lowest BCUT2D eigenvalue weighted by molar-refractivity contribution is -0.136. The molecule has 3 aromatic rings. The minimum absolute atomic E-state index is 0.149. The van der Waals surface area contributed by atoms with Crippen LogP contribution in [0.1, 0.15) is 12.5 Å². The molecule has 0 radical (unpaired) electrons. The quantitative estimate of drug-likeness (QED) is 0.319. The third-order valence-electron chi connectivity index (χ3n) is 5.47. The molecule has 0 saturated carbocycles. The topological polar surface area (TPSA) is 84.9 Å². The number of nitrogens with one attached hydrogen (secondary N) is 1. The third-order valence-corrected chi connectivity index (χ3v) is 5.97. The molecule has 1 aliphatic heterocycles. The molecule has 0 saturated heterocycles. The number of nitrogens with zero attached hydrogens (tertiary/aromatic N) is 1. The summed E-state index contributed by atoms with van der Waals surface area (Å²) in [7, 11) is 1.28. The molecular formula is C28H23BrN2O5. The summed E-state index contributed by atoms with van der Waals surface area (Å²) in [6, 6.07) is 23.3. The zero-order chi connectivity index (χ0) is 25.7. The van der Waals surface area contributed by atoms with Crippen LogP contribution >= 0.6 is 15.9 Å². The lowest BCUT2D eigenvalue weighted by atomic mass is 10.0. The molecule has 0 spiro atoms. The maximum Gasteiger partial charge on any atom is 0.340 e. The van der Waals surface area contributed by atoms with Crippen molar-refractivity contribution in [1.82, 2.24) is 0 Å². The van der Waals surface area contributed by atoms with Crippen LogP contribution in [0.25, 0.3) is 6.08 Å². The number of carbonyl (C=O) groups excluding carboxylic acids is 3. The molecule has 8 heteroatoms. The first-order valence-corrected chi connectivity index (χ1v) is 11.9. The second-order valence-corrected chi connectivity index (χ2v) is 8.82. The number of methoxy groups -OCH3 is 1. The van der Waals surface area contributed by atoms with Crippen LogP contribution in [-0.2, 0) is 19.1 Å². The van der Waals surface area contributed by atoms with Crippen molar-refractivity contribution in [3.8, 4) is 5.75 Å². The molecule has 4 rings (SSSR count). The highest BCUT2D eigenvalue weighted by molar-refractivity contribution is 9.10. The van der Waals surface area contributed by atoms with E-state index in [9.17, 15) is 14.4 Å². The van der Waals surface area contributed by atoms with E-state index in [4.69, 9.17) is 9.47 Å². The van der Waals surface area contributed by atoms with Gasteiger partial charge in [0, 0.05) is 15.9 Å². The van der Waals surface area contributed by atoms with E-state index in [-0.39, 0.29) is 29.6 Å². The van der Waals surface area contributed by atoms with E-state index < -0.39 is 5.97 Å². The number of esters is 1. The number of carbonyl (C=O) groups is 3. The van der Waals surface area contributed by atoms with Crippen LogP contribution in [0.4, 0.5) is 11.4 Å². The zero-order valence-corrected chi connectivity index (χ0v) is 21.2. The molecule has 1 heterocycles. The number of para-hydroxylation sites is 1. The molecule has 1 aliphatic rings. The molecular weight excluding hydrogens is 524 g/mol. The first kappa shape index (κ1) is 24.9. The van der Waals surface area contributed by atoms with E-state index in [1.54, 1.807) is 61.5 Å². The van der Waals surface area contributed by atoms with Crippen LogP contribution < -0.4 is 15.0 Å². The molecule has 0 bridgehead atoms. The Kier molecular flexibility index (Phi) is 7.65. The SMILES string of the molecule is COC(=O)C1=C(C)N(c2cccc(Br)c2)C(=O)/C1=C\c1ccc(OCC(=O)Nc2ccccc2)cc1. The normalized spacial score (nSPS) is 14.2. The Balaban J connectivity index is 1.52. The molecule has 3 aromatic carbocycles. The summed E-state index contributed by atoms with van der Waals surface area (Å²) in [4.78, 5) is 39.6. The fourth-order valence-corrected chi connectivity index (χ4v) is 4.19. The molecule has 1 N–H and O–H groups in total. The Hall–Kier alpha value is -4.17. The Morgan fingerprint density at radius 2 is 1.72 bits per heavy atom. The van der Waals surface area contributed by atoms with Gasteiger partial charge in [0.05, 0.1) is 23.9 Å². The van der Waals surface area contributed by atoms with Crippen LogP contribution in [0.5, 0.6) is 5.75 Å². The number of hydrogen-bond donors (Lipinski definition) is 1. The Bertz CT molecular complexity index is 1360. The summed E-state index contributed by atoms with van der Waals surface area (Å²) in [6.45, 7) is 1.56. The number of amides is 2. The average molecular weight is 547 g/mol. The maximum atomic E-state index is 13.4. The smallest absolute Gasteiger partial charge is 0.340 e. The number of hydrogen-bond acceptors (Lipinski definition) is 5. The minimum Gasteiger partial charge on any atom is -0.484 e. The molecule has 0 fully saturated rings. The second-order valence-electron chi connectivity index (χ2n) is 7.90. The molecule has 0 aliphatic carbocycles. The summed E-state index contributed by atoms with van der Waals surface area (Å²) < 4.78 is 11.3. The van der Waals surface area contributed by atoms with Crippen molar-refractivity contribution in [1.29, 1.82) is 0 Å². The first-order chi connectivity index (χ1) is 17.4. The highest BCUT2D eigenvalue weighted by Gasteiger charge is 2.37. The van der Waals surface area contributed by atoms with Crippen molar-refractivity contribution in [2.45, 2.75) is 6.92 Å². The van der Waals surface area contributed by atoms with Crippen LogP contribution in [0, 0.1) is 0 Å². The van der Waals surface area contributed by atoms with E-state index in [1.807, 2.05) is 30.3 Å². The Morgan fingerprint density at radius 3 is 2.39 bits per heavy atom. The largest absolute Gasteiger partial charge is 0.484 e. The Labute approximate surface area is 217 Å². The van der Waals surface area contributed by atoms with Gasteiger partial charge >= 0.3 is 5.97 Å². The summed E-state index contributed by atoms with van der Waals surface area (Å²) in [5.74, 6) is -0.702. The lowest BCUT2D eigenvalue weighted by Crippen LogP contribution is -2.24. The molecule has 0 aromatic heterocycles. The maximum absolute atomic E-state index is 13.4. The van der Waals surface area contributed by atoms with Crippen LogP contribution in [0.15, 0.2) is 100 Å². The number of rotatable bonds is 7. The lowest BCUT2D eigenvalue weighted by Gasteiger charge is -2.18. The zero-order valence-electron chi connectivity index (χ0n) is 19.7. The number of allylic oxidation sites excluding steroid dienone is 1. The fourth-order valence-electron chi connectivity index (χ4n) is 3.80. The number of anilines is 2. The first-order valence-electron chi connectivity index (χ1n) is 11.1. The van der Waals surface area contributed by atoms with Crippen LogP contribution in [-0.4, -0.2) is 31.5 Å². The van der Waals surface area contributed by atoms with E-state index in [1.165, 1.54) is 12.0 Å². The van der Waals surface area contributed by atoms with Gasteiger partial charge in [-0.2, -0.15) is 0 Å². The van der Waals surface area contributed by atoms with E-state index >= 15 is 0 Å². The number of benzene rings is 3. The summed E-state index contributed by atoms with van der Waals surface area (Å²) in [5, 5.41) is 2.76. The molecule has 36 heavy (non-hydrogen) atoms. The molecule has 0 atom stereocenters. The number of halogens is 1. The summed E-state index contributed by atoms with van der Waals surface area (Å²) in [5.41, 5.74) is 2.94. The van der Waals surface area contributed by atoms with E-state index in [0.29, 0.717) is 28.4 Å². The van der Waals surface area contributed by atoms with Gasteiger partial charge in [-0.05, 0) is 61.0 Å². The van der Waals surface area contributed by atoms with Crippen LogP contribution in [0.2, 0.25) is 0 Å². The molecule has 2 amide bonds. The van der Waals surface area contributed by atoms with Gasteiger partial charge in [0.2, 0.25) is 0 Å². The van der Waals surface area contributed by atoms with Gasteiger partial charge in [-0.1, -0.05) is 52.3 Å². The van der Waals surface area contributed by atoms with Crippen LogP contribution in [0.3, 0.4) is 0 Å². The van der Waals surface area contributed by atoms with Gasteiger partial charge in [0.15, 0.2) is 6.61 Å². The molecule has 182 valence electrons. The summed E-state index contributed by atoms with van der Waals surface area (Å²) in [6.07, 6.45) is 1.64. The van der Waals surface area contributed by atoms with Crippen molar-refractivity contribution in [2.75, 3.05) is 23.9 Å². The predicted octanol–water partition coefficient (Wildman–Crippen LogP) is 5.34. The monoisotopic (exact) mass is 546 g/mol. The van der Waals surface area contributed by atoms with Crippen molar-refractivity contribution >= 4 is 51.2 Å². The van der Waals surface area contributed by atoms with Gasteiger partial charge < -0.3 is 14.8 Å². The van der Waals surface area contributed by atoms with Crippen molar-refractivity contribution < 1.29 is 23.9 Å². The van der Waals surface area contributed by atoms with Crippen molar-refractivity contribution in [3.63, 3.8) is 0 Å². The standard InChI is InChI=1S/C28H23BrN2O5/c1-18-26(28(34)35-2)24(27(33)31(18)22-10-6-7-20(29)16-22)15-19-11-13-23(14-12-19)36-17-25(32)30-21-8-4-3-5-9-21/h3-16H,17H2,1-2H3,(H,30,32)/b24-15-. The molecule has 7 nitrogen and oxygen atoms in total. The highest BCUT2D eigenvalue weighted by Crippen LogP contribution is 2.36. The number of ether oxygens (including phenoxy) is 2. The van der Waals surface area contributed by atoms with Gasteiger partial charge in [-0.25, -0.2) is 4.79 Å². The van der Waals surface area contributed by atoms with Gasteiger partial charge in [-0.15, -0.1) is 0 Å².